The molecule has 2 aliphatic carbocycles. The topological polar surface area (TPSA) is 63.2 Å². The van der Waals surface area contributed by atoms with Crippen molar-refractivity contribution in [3.05, 3.63) is 29.6 Å². The molecular weight excluding hydrogens is 467 g/mol. The molecule has 0 spiro atoms. The zero-order valence-electron chi connectivity index (χ0n) is 19.8. The Morgan fingerprint density at radius 3 is 2.29 bits per heavy atom. The fourth-order valence-corrected chi connectivity index (χ4v) is 6.11. The van der Waals surface area contributed by atoms with Gasteiger partial charge in [-0.15, -0.1) is 0 Å². The van der Waals surface area contributed by atoms with Crippen LogP contribution in [0.2, 0.25) is 0 Å². The normalized spacial score (nSPS) is 27.7. The number of pyridine rings is 1. The first-order chi connectivity index (χ1) is 16.5. The van der Waals surface area contributed by atoms with E-state index in [1.807, 2.05) is 29.5 Å². The quantitative estimate of drug-likeness (QED) is 0.595. The van der Waals surface area contributed by atoms with Crippen molar-refractivity contribution < 1.29 is 22.0 Å². The van der Waals surface area contributed by atoms with E-state index < -0.39 is 24.0 Å². The van der Waals surface area contributed by atoms with Crippen molar-refractivity contribution in [3.8, 4) is 11.3 Å². The molecule has 35 heavy (non-hydrogen) atoms. The predicted octanol–water partition coefficient (Wildman–Crippen LogP) is 4.50. The monoisotopic (exact) mass is 498 g/mol. The van der Waals surface area contributed by atoms with E-state index in [0.717, 1.165) is 37.7 Å². The highest BCUT2D eigenvalue weighted by Gasteiger charge is 2.58. The van der Waals surface area contributed by atoms with Crippen LogP contribution in [0.25, 0.3) is 11.3 Å². The zero-order chi connectivity index (χ0) is 25.1. The fourth-order valence-electron chi connectivity index (χ4n) is 6.11. The van der Waals surface area contributed by atoms with Crippen LogP contribution in [-0.4, -0.2) is 69.8 Å². The average Bonchev–Trinajstić information content (AvgIpc) is 3.13. The van der Waals surface area contributed by atoms with Gasteiger partial charge in [0, 0.05) is 61.6 Å². The molecule has 0 aromatic carbocycles. The number of halogens is 5. The summed E-state index contributed by atoms with van der Waals surface area (Å²) in [5, 5.41) is 4.65. The van der Waals surface area contributed by atoms with Crippen molar-refractivity contribution in [1.29, 1.82) is 0 Å². The number of rotatable bonds is 6. The highest BCUT2D eigenvalue weighted by atomic mass is 19.4. The zero-order valence-corrected chi connectivity index (χ0v) is 19.8. The maximum Gasteiger partial charge on any atom is 0.419 e. The first kappa shape index (κ1) is 24.4. The third kappa shape index (κ3) is 4.76. The van der Waals surface area contributed by atoms with Crippen LogP contribution < -0.4 is 5.73 Å². The Labute approximate surface area is 201 Å². The number of aromatic nitrogens is 3. The molecule has 4 atom stereocenters. The van der Waals surface area contributed by atoms with Gasteiger partial charge in [-0.05, 0) is 50.7 Å². The maximum absolute atomic E-state index is 13.3. The van der Waals surface area contributed by atoms with Gasteiger partial charge < -0.3 is 5.73 Å². The summed E-state index contributed by atoms with van der Waals surface area (Å²) in [4.78, 5) is 8.04. The number of anilines is 1. The van der Waals surface area contributed by atoms with Gasteiger partial charge in [-0.1, -0.05) is 0 Å². The Balaban J connectivity index is 1.28. The number of nitrogens with zero attached hydrogens (tertiary/aromatic N) is 5. The first-order valence-corrected chi connectivity index (χ1v) is 12.2. The summed E-state index contributed by atoms with van der Waals surface area (Å²) < 4.78 is 67.2. The van der Waals surface area contributed by atoms with Gasteiger partial charge in [-0.25, -0.2) is 13.8 Å². The molecule has 3 aliphatic rings. The standard InChI is InChI=1S/C24H31F5N6/c1-13(2)35-20(10-19(32-35)14-7-18(24(27,28)29)23(30)31-11-14)22-16-8-15(9-17(16)22)34-5-3-33(4-6-34)12-21(25)26/h7,10-11,13,15-17,21-22H,3-6,8-9,12H2,1-2H3,(H2,30,31)/t15?,16-,17+,22?. The van der Waals surface area contributed by atoms with Gasteiger partial charge in [0.25, 0.3) is 6.43 Å². The van der Waals surface area contributed by atoms with Crippen LogP contribution in [0, 0.1) is 11.8 Å². The molecule has 2 saturated carbocycles. The minimum atomic E-state index is -4.58. The lowest BCUT2D eigenvalue weighted by molar-refractivity contribution is -0.137. The molecule has 1 saturated heterocycles. The van der Waals surface area contributed by atoms with Gasteiger partial charge in [0.05, 0.1) is 17.8 Å². The Morgan fingerprint density at radius 2 is 1.71 bits per heavy atom. The second kappa shape index (κ2) is 8.99. The first-order valence-electron chi connectivity index (χ1n) is 12.2. The van der Waals surface area contributed by atoms with E-state index >= 15 is 0 Å². The van der Waals surface area contributed by atoms with E-state index in [2.05, 4.69) is 15.0 Å². The number of fused-ring (bicyclic) bond motifs is 1. The van der Waals surface area contributed by atoms with Crippen LogP contribution in [0.1, 0.15) is 49.9 Å². The lowest BCUT2D eigenvalue weighted by atomic mass is 10.0. The molecular formula is C24H31F5N6. The Hall–Kier alpha value is -2.27. The third-order valence-electron chi connectivity index (χ3n) is 7.85. The molecule has 1 aliphatic heterocycles. The highest BCUT2D eigenvalue weighted by Crippen LogP contribution is 2.64. The minimum absolute atomic E-state index is 0.0719. The van der Waals surface area contributed by atoms with Crippen molar-refractivity contribution in [3.63, 3.8) is 0 Å². The van der Waals surface area contributed by atoms with Crippen molar-refractivity contribution in [1.82, 2.24) is 24.6 Å². The average molecular weight is 499 g/mol. The van der Waals surface area contributed by atoms with Crippen LogP contribution in [0.4, 0.5) is 27.8 Å². The van der Waals surface area contributed by atoms with E-state index in [1.165, 1.54) is 6.20 Å². The summed E-state index contributed by atoms with van der Waals surface area (Å²) in [6, 6.07) is 3.48. The third-order valence-corrected chi connectivity index (χ3v) is 7.85. The van der Waals surface area contributed by atoms with Gasteiger partial charge in [0.15, 0.2) is 0 Å². The molecule has 11 heteroatoms. The second-order valence-corrected chi connectivity index (χ2v) is 10.4. The number of hydrogen-bond acceptors (Lipinski definition) is 5. The number of nitrogen functional groups attached to an aromatic ring is 1. The van der Waals surface area contributed by atoms with Crippen molar-refractivity contribution in [2.24, 2.45) is 11.8 Å². The van der Waals surface area contributed by atoms with Gasteiger partial charge >= 0.3 is 6.18 Å². The van der Waals surface area contributed by atoms with Gasteiger partial charge in [0.1, 0.15) is 5.82 Å². The Morgan fingerprint density at radius 1 is 1.06 bits per heavy atom. The molecule has 2 aromatic rings. The van der Waals surface area contributed by atoms with Gasteiger partial charge in [0.2, 0.25) is 0 Å². The van der Waals surface area contributed by atoms with Crippen LogP contribution in [-0.2, 0) is 6.18 Å². The molecule has 3 fully saturated rings. The molecule has 0 bridgehead atoms. The van der Waals surface area contributed by atoms with Gasteiger partial charge in [-0.3, -0.25) is 14.5 Å². The summed E-state index contributed by atoms with van der Waals surface area (Å²) in [7, 11) is 0. The van der Waals surface area contributed by atoms with E-state index in [4.69, 9.17) is 5.73 Å². The SMILES string of the molecule is CC(C)n1nc(-c2cnc(N)c(C(F)(F)F)c2)cc1C1[C@H]2CC(N3CCN(CC(F)F)CC3)C[C@@H]12. The summed E-state index contributed by atoms with van der Waals surface area (Å²) in [6.07, 6.45) is -3.40. The highest BCUT2D eigenvalue weighted by molar-refractivity contribution is 5.63. The Kier molecular flexibility index (Phi) is 6.27. The number of alkyl halides is 5. The van der Waals surface area contributed by atoms with Crippen molar-refractivity contribution in [2.45, 2.75) is 57.3 Å². The van der Waals surface area contributed by atoms with Crippen LogP contribution in [0.5, 0.6) is 0 Å². The smallest absolute Gasteiger partial charge is 0.383 e. The summed E-state index contributed by atoms with van der Waals surface area (Å²) in [6.45, 7) is 6.88. The second-order valence-electron chi connectivity index (χ2n) is 10.4. The molecule has 6 nitrogen and oxygen atoms in total. The summed E-state index contributed by atoms with van der Waals surface area (Å²) >= 11 is 0. The molecule has 2 N–H and O–H groups in total. The maximum atomic E-state index is 13.3. The van der Waals surface area contributed by atoms with Gasteiger partial charge in [-0.2, -0.15) is 18.3 Å². The lowest BCUT2D eigenvalue weighted by Gasteiger charge is -2.38. The Bertz CT molecular complexity index is 1050. The lowest BCUT2D eigenvalue weighted by Crippen LogP contribution is -2.51. The van der Waals surface area contributed by atoms with Crippen LogP contribution in [0.3, 0.4) is 0 Å². The molecule has 3 heterocycles. The molecule has 0 amide bonds. The molecule has 192 valence electrons. The predicted molar refractivity (Wildman–Crippen MR) is 122 cm³/mol. The van der Waals surface area contributed by atoms with E-state index in [9.17, 15) is 22.0 Å². The molecule has 0 radical (unpaired) electrons. The molecule has 2 unspecified atom stereocenters. The summed E-state index contributed by atoms with van der Waals surface area (Å²) in [5.41, 5.74) is 6.36. The van der Waals surface area contributed by atoms with E-state index in [0.29, 0.717) is 48.1 Å². The minimum Gasteiger partial charge on any atom is -0.383 e. The molecule has 2 aromatic heterocycles. The summed E-state index contributed by atoms with van der Waals surface area (Å²) in [5.74, 6) is 0.856. The van der Waals surface area contributed by atoms with E-state index in [-0.39, 0.29) is 12.6 Å². The fraction of sp³-hybridized carbons (Fsp3) is 0.667. The van der Waals surface area contributed by atoms with Crippen molar-refractivity contribution in [2.75, 3.05) is 38.5 Å². The van der Waals surface area contributed by atoms with E-state index in [1.54, 1.807) is 0 Å². The van der Waals surface area contributed by atoms with Crippen molar-refractivity contribution >= 4 is 5.82 Å². The number of nitrogens with two attached hydrogens (primary N) is 1. The van der Waals surface area contributed by atoms with Crippen LogP contribution >= 0.6 is 0 Å². The molecule has 5 rings (SSSR count). The largest absolute Gasteiger partial charge is 0.419 e. The number of hydrogen-bond donors (Lipinski definition) is 1. The number of piperazine rings is 1. The van der Waals surface area contributed by atoms with Crippen LogP contribution in [0.15, 0.2) is 18.3 Å².